The van der Waals surface area contributed by atoms with Crippen molar-refractivity contribution in [2.45, 2.75) is 26.0 Å². The van der Waals surface area contributed by atoms with E-state index in [1.54, 1.807) is 11.3 Å². The van der Waals surface area contributed by atoms with Crippen molar-refractivity contribution in [2.75, 3.05) is 6.61 Å². The molecule has 0 aliphatic rings. The number of thiophene rings is 1. The van der Waals surface area contributed by atoms with Gasteiger partial charge in [-0.2, -0.15) is 11.3 Å². The molecule has 0 aliphatic heterocycles. The molecule has 104 valence electrons. The van der Waals surface area contributed by atoms with Gasteiger partial charge in [-0.1, -0.05) is 24.3 Å². The highest BCUT2D eigenvalue weighted by Crippen LogP contribution is 2.34. The van der Waals surface area contributed by atoms with Crippen LogP contribution >= 0.6 is 11.3 Å². The Bertz CT molecular complexity index is 692. The van der Waals surface area contributed by atoms with E-state index in [1.165, 1.54) is 0 Å². The predicted octanol–water partition coefficient (Wildman–Crippen LogP) is 3.64. The highest BCUT2D eigenvalue weighted by atomic mass is 32.1. The normalized spacial score (nSPS) is 14.5. The van der Waals surface area contributed by atoms with Gasteiger partial charge >= 0.3 is 0 Å². The molecule has 2 aromatic heterocycles. The molecule has 2 heterocycles. The van der Waals surface area contributed by atoms with Crippen molar-refractivity contribution >= 4 is 22.4 Å². The molecular formula is C15H17N3OS. The second-order valence-electron chi connectivity index (χ2n) is 4.57. The SMILES string of the molecule is CCOC(CC)(c1ccsc1)n1nnc2ccccc21. The van der Waals surface area contributed by atoms with Gasteiger partial charge in [-0.3, -0.25) is 0 Å². The molecule has 3 aromatic rings. The lowest BCUT2D eigenvalue weighted by molar-refractivity contribution is -0.0775. The highest BCUT2D eigenvalue weighted by Gasteiger charge is 2.36. The first-order chi connectivity index (χ1) is 9.81. The van der Waals surface area contributed by atoms with Gasteiger partial charge < -0.3 is 4.74 Å². The van der Waals surface area contributed by atoms with Gasteiger partial charge in [-0.25, -0.2) is 4.68 Å². The zero-order valence-corrected chi connectivity index (χ0v) is 12.4. The van der Waals surface area contributed by atoms with Gasteiger partial charge in [0, 0.05) is 12.2 Å². The third-order valence-corrected chi connectivity index (χ3v) is 4.21. The van der Waals surface area contributed by atoms with Crippen LogP contribution < -0.4 is 0 Å². The maximum Gasteiger partial charge on any atom is 0.189 e. The molecule has 20 heavy (non-hydrogen) atoms. The number of para-hydroxylation sites is 1. The summed E-state index contributed by atoms with van der Waals surface area (Å²) in [6.07, 6.45) is 0.797. The number of hydrogen-bond donors (Lipinski definition) is 0. The van der Waals surface area contributed by atoms with E-state index in [0.29, 0.717) is 6.61 Å². The summed E-state index contributed by atoms with van der Waals surface area (Å²) in [5, 5.41) is 12.8. The van der Waals surface area contributed by atoms with Gasteiger partial charge in [0.25, 0.3) is 0 Å². The lowest BCUT2D eigenvalue weighted by atomic mass is 10.0. The van der Waals surface area contributed by atoms with Gasteiger partial charge in [0.2, 0.25) is 0 Å². The topological polar surface area (TPSA) is 39.9 Å². The quantitative estimate of drug-likeness (QED) is 0.719. The molecule has 1 atom stereocenters. The molecule has 0 spiro atoms. The fourth-order valence-corrected chi connectivity index (χ4v) is 3.30. The molecule has 1 aromatic carbocycles. The zero-order valence-electron chi connectivity index (χ0n) is 11.6. The Morgan fingerprint density at radius 3 is 2.80 bits per heavy atom. The molecule has 0 aliphatic carbocycles. The maximum absolute atomic E-state index is 6.14. The first-order valence-electron chi connectivity index (χ1n) is 6.79. The van der Waals surface area contributed by atoms with Crippen molar-refractivity contribution in [3.63, 3.8) is 0 Å². The van der Waals surface area contributed by atoms with Crippen LogP contribution in [0, 0.1) is 0 Å². The average molecular weight is 287 g/mol. The third-order valence-electron chi connectivity index (χ3n) is 3.53. The summed E-state index contributed by atoms with van der Waals surface area (Å²) in [6.45, 7) is 4.75. The lowest BCUT2D eigenvalue weighted by Crippen LogP contribution is -2.38. The van der Waals surface area contributed by atoms with Crippen LogP contribution in [0.5, 0.6) is 0 Å². The summed E-state index contributed by atoms with van der Waals surface area (Å²) >= 11 is 1.67. The molecule has 3 rings (SSSR count). The summed E-state index contributed by atoms with van der Waals surface area (Å²) in [7, 11) is 0. The Labute approximate surface area is 122 Å². The largest absolute Gasteiger partial charge is 0.350 e. The monoisotopic (exact) mass is 287 g/mol. The predicted molar refractivity (Wildman–Crippen MR) is 80.8 cm³/mol. The number of ether oxygens (including phenoxy) is 1. The third kappa shape index (κ3) is 1.94. The summed E-state index contributed by atoms with van der Waals surface area (Å²) in [5.41, 5.74) is 2.43. The number of hydrogen-bond acceptors (Lipinski definition) is 4. The summed E-state index contributed by atoms with van der Waals surface area (Å²) in [4.78, 5) is 0. The average Bonchev–Trinajstić information content (AvgIpc) is 3.15. The van der Waals surface area contributed by atoms with Gasteiger partial charge in [-0.05, 0) is 42.3 Å². The van der Waals surface area contributed by atoms with Crippen LogP contribution in [-0.4, -0.2) is 21.6 Å². The minimum absolute atomic E-state index is 0.579. The van der Waals surface area contributed by atoms with Crippen molar-refractivity contribution in [3.05, 3.63) is 46.7 Å². The molecule has 4 nitrogen and oxygen atoms in total. The van der Waals surface area contributed by atoms with Gasteiger partial charge in [0.05, 0.1) is 5.52 Å². The van der Waals surface area contributed by atoms with Crippen molar-refractivity contribution in [2.24, 2.45) is 0 Å². The van der Waals surface area contributed by atoms with E-state index < -0.39 is 5.72 Å². The second-order valence-corrected chi connectivity index (χ2v) is 5.35. The molecule has 0 bridgehead atoms. The van der Waals surface area contributed by atoms with Gasteiger partial charge in [0.15, 0.2) is 5.72 Å². The number of benzene rings is 1. The van der Waals surface area contributed by atoms with Crippen molar-refractivity contribution in [1.29, 1.82) is 0 Å². The number of rotatable bonds is 5. The van der Waals surface area contributed by atoms with Crippen LogP contribution in [0.4, 0.5) is 0 Å². The molecule has 0 radical (unpaired) electrons. The number of nitrogens with zero attached hydrogens (tertiary/aromatic N) is 3. The van der Waals surface area contributed by atoms with Crippen LogP contribution in [0.2, 0.25) is 0 Å². The Balaban J connectivity index is 2.24. The molecule has 0 fully saturated rings. The van der Waals surface area contributed by atoms with Crippen molar-refractivity contribution in [3.8, 4) is 0 Å². The first-order valence-corrected chi connectivity index (χ1v) is 7.73. The molecular weight excluding hydrogens is 270 g/mol. The highest BCUT2D eigenvalue weighted by molar-refractivity contribution is 7.08. The van der Waals surface area contributed by atoms with Crippen LogP contribution in [-0.2, 0) is 10.5 Å². The second kappa shape index (κ2) is 5.34. The Morgan fingerprint density at radius 1 is 1.25 bits per heavy atom. The maximum atomic E-state index is 6.14. The molecule has 0 amide bonds. The smallest absolute Gasteiger partial charge is 0.189 e. The minimum Gasteiger partial charge on any atom is -0.350 e. The molecule has 0 N–H and O–H groups in total. The van der Waals surface area contributed by atoms with E-state index in [0.717, 1.165) is 23.0 Å². The minimum atomic E-state index is -0.579. The van der Waals surface area contributed by atoms with Crippen LogP contribution in [0.15, 0.2) is 41.1 Å². The molecule has 5 heteroatoms. The molecule has 0 saturated heterocycles. The summed E-state index contributed by atoms with van der Waals surface area (Å²) in [6, 6.07) is 10.1. The number of aromatic nitrogens is 3. The van der Waals surface area contributed by atoms with E-state index in [2.05, 4.69) is 34.1 Å². The Kier molecular flexibility index (Phi) is 3.54. The van der Waals surface area contributed by atoms with Crippen molar-refractivity contribution < 1.29 is 4.74 Å². The van der Waals surface area contributed by atoms with Crippen molar-refractivity contribution in [1.82, 2.24) is 15.0 Å². The van der Waals surface area contributed by atoms with E-state index in [9.17, 15) is 0 Å². The fraction of sp³-hybridized carbons (Fsp3) is 0.333. The molecule has 1 unspecified atom stereocenters. The van der Waals surface area contributed by atoms with E-state index in [-0.39, 0.29) is 0 Å². The van der Waals surface area contributed by atoms with Crippen LogP contribution in [0.3, 0.4) is 0 Å². The summed E-state index contributed by atoms with van der Waals surface area (Å²) in [5.74, 6) is 0. The van der Waals surface area contributed by atoms with E-state index in [1.807, 2.05) is 35.9 Å². The number of fused-ring (bicyclic) bond motifs is 1. The van der Waals surface area contributed by atoms with E-state index >= 15 is 0 Å². The molecule has 0 saturated carbocycles. The zero-order chi connectivity index (χ0) is 14.0. The van der Waals surface area contributed by atoms with Gasteiger partial charge in [0.1, 0.15) is 5.52 Å². The van der Waals surface area contributed by atoms with Gasteiger partial charge in [-0.15, -0.1) is 5.10 Å². The van der Waals surface area contributed by atoms with E-state index in [4.69, 9.17) is 4.74 Å². The fourth-order valence-electron chi connectivity index (χ4n) is 2.58. The van der Waals surface area contributed by atoms with Crippen LogP contribution in [0.1, 0.15) is 25.8 Å². The Hall–Kier alpha value is -1.72. The first kappa shape index (κ1) is 13.3. The standard InChI is InChI=1S/C15H17N3OS/c1-3-15(19-4-2,12-9-10-20-11-12)18-14-8-6-5-7-13(14)16-17-18/h5-11H,3-4H2,1-2H3. The summed E-state index contributed by atoms with van der Waals surface area (Å²) < 4.78 is 8.05. The Morgan fingerprint density at radius 2 is 2.10 bits per heavy atom. The lowest BCUT2D eigenvalue weighted by Gasteiger charge is -2.32. The van der Waals surface area contributed by atoms with Crippen LogP contribution in [0.25, 0.3) is 11.0 Å².